The Morgan fingerprint density at radius 2 is 2.21 bits per heavy atom. The highest BCUT2D eigenvalue weighted by molar-refractivity contribution is 5.99. The van der Waals surface area contributed by atoms with E-state index < -0.39 is 5.82 Å². The van der Waals surface area contributed by atoms with E-state index in [1.807, 2.05) is 14.1 Å². The summed E-state index contributed by atoms with van der Waals surface area (Å²) in [5.74, 6) is -0.609. The number of carbonyl (C=O) groups excluding carboxylic acids is 1. The fourth-order valence-electron chi connectivity index (χ4n) is 2.44. The van der Waals surface area contributed by atoms with Crippen molar-refractivity contribution >= 4 is 11.6 Å². The van der Waals surface area contributed by atoms with E-state index in [1.54, 1.807) is 4.90 Å². The SMILES string of the molecule is CN(C)C1CCCN(C(=O)c2cc(F)ccc2N)C1. The summed E-state index contributed by atoms with van der Waals surface area (Å²) in [6.07, 6.45) is 2.04. The standard InChI is InChI=1S/C14H20FN3O/c1-17(2)11-4-3-7-18(9-11)14(19)12-8-10(15)5-6-13(12)16/h5-6,8,11H,3-4,7,9,16H2,1-2H3. The van der Waals surface area contributed by atoms with Crippen molar-refractivity contribution in [3.63, 3.8) is 0 Å². The number of nitrogens with two attached hydrogens (primary N) is 1. The lowest BCUT2D eigenvalue weighted by atomic mass is 10.0. The number of likely N-dealkylation sites (N-methyl/N-ethyl adjacent to an activating group) is 1. The molecule has 1 fully saturated rings. The van der Waals surface area contributed by atoms with Crippen LogP contribution in [0, 0.1) is 5.82 Å². The molecule has 1 aliphatic rings. The molecular weight excluding hydrogens is 245 g/mol. The van der Waals surface area contributed by atoms with Crippen molar-refractivity contribution < 1.29 is 9.18 Å². The van der Waals surface area contributed by atoms with Crippen molar-refractivity contribution in [1.29, 1.82) is 0 Å². The van der Waals surface area contributed by atoms with E-state index in [-0.39, 0.29) is 11.5 Å². The molecule has 0 saturated carbocycles. The Labute approximate surface area is 113 Å². The minimum absolute atomic E-state index is 0.177. The van der Waals surface area contributed by atoms with Gasteiger partial charge in [0.2, 0.25) is 0 Å². The summed E-state index contributed by atoms with van der Waals surface area (Å²) < 4.78 is 13.2. The molecule has 1 amide bonds. The van der Waals surface area contributed by atoms with Crippen LogP contribution < -0.4 is 5.73 Å². The van der Waals surface area contributed by atoms with E-state index in [0.717, 1.165) is 12.8 Å². The molecule has 0 spiro atoms. The summed E-state index contributed by atoms with van der Waals surface area (Å²) in [6, 6.07) is 4.28. The zero-order valence-electron chi connectivity index (χ0n) is 11.4. The monoisotopic (exact) mass is 265 g/mol. The second kappa shape index (κ2) is 5.57. The lowest BCUT2D eigenvalue weighted by Gasteiger charge is -2.36. The molecule has 1 saturated heterocycles. The highest BCUT2D eigenvalue weighted by atomic mass is 19.1. The predicted molar refractivity (Wildman–Crippen MR) is 73.4 cm³/mol. The average molecular weight is 265 g/mol. The smallest absolute Gasteiger partial charge is 0.256 e. The quantitative estimate of drug-likeness (QED) is 0.826. The number of halogens is 1. The molecule has 1 atom stereocenters. The van der Waals surface area contributed by atoms with Gasteiger partial charge in [-0.25, -0.2) is 4.39 Å². The van der Waals surface area contributed by atoms with Gasteiger partial charge in [-0.1, -0.05) is 0 Å². The molecule has 1 aromatic rings. The van der Waals surface area contributed by atoms with Crippen molar-refractivity contribution in [2.45, 2.75) is 18.9 Å². The van der Waals surface area contributed by atoms with Crippen LogP contribution in [-0.2, 0) is 0 Å². The first-order valence-corrected chi connectivity index (χ1v) is 6.50. The first kappa shape index (κ1) is 13.8. The lowest BCUT2D eigenvalue weighted by Crippen LogP contribution is -2.47. The van der Waals surface area contributed by atoms with Crippen LogP contribution in [0.2, 0.25) is 0 Å². The number of nitrogens with zero attached hydrogens (tertiary/aromatic N) is 2. The zero-order chi connectivity index (χ0) is 14.0. The van der Waals surface area contributed by atoms with Gasteiger partial charge in [-0.05, 0) is 45.1 Å². The summed E-state index contributed by atoms with van der Waals surface area (Å²) in [7, 11) is 4.02. The fourth-order valence-corrected chi connectivity index (χ4v) is 2.44. The third-order valence-corrected chi connectivity index (χ3v) is 3.66. The van der Waals surface area contributed by atoms with Crippen LogP contribution in [0.3, 0.4) is 0 Å². The zero-order valence-corrected chi connectivity index (χ0v) is 11.4. The molecule has 2 rings (SSSR count). The Hall–Kier alpha value is -1.62. The van der Waals surface area contributed by atoms with Crippen LogP contribution in [0.15, 0.2) is 18.2 Å². The summed E-state index contributed by atoms with van der Waals surface area (Å²) >= 11 is 0. The minimum atomic E-state index is -0.432. The van der Waals surface area contributed by atoms with Crippen molar-refractivity contribution in [1.82, 2.24) is 9.80 Å². The number of amides is 1. The number of benzene rings is 1. The number of rotatable bonds is 2. The predicted octanol–water partition coefficient (Wildman–Crippen LogP) is 1.57. The topological polar surface area (TPSA) is 49.6 Å². The van der Waals surface area contributed by atoms with Crippen LogP contribution in [0.25, 0.3) is 0 Å². The molecule has 104 valence electrons. The van der Waals surface area contributed by atoms with Gasteiger partial charge >= 0.3 is 0 Å². The normalized spacial score (nSPS) is 19.8. The number of anilines is 1. The maximum absolute atomic E-state index is 13.2. The molecule has 1 aromatic carbocycles. The van der Waals surface area contributed by atoms with Crippen LogP contribution in [0.5, 0.6) is 0 Å². The van der Waals surface area contributed by atoms with Crippen molar-refractivity contribution in [3.8, 4) is 0 Å². The molecule has 4 nitrogen and oxygen atoms in total. The highest BCUT2D eigenvalue weighted by Gasteiger charge is 2.26. The molecule has 19 heavy (non-hydrogen) atoms. The van der Waals surface area contributed by atoms with Crippen LogP contribution >= 0.6 is 0 Å². The van der Waals surface area contributed by atoms with E-state index in [4.69, 9.17) is 5.73 Å². The number of piperidine rings is 1. The van der Waals surface area contributed by atoms with Gasteiger partial charge < -0.3 is 15.5 Å². The molecule has 0 aliphatic carbocycles. The summed E-state index contributed by atoms with van der Waals surface area (Å²) in [5, 5.41) is 0. The van der Waals surface area contributed by atoms with Gasteiger partial charge in [0.25, 0.3) is 5.91 Å². The Bertz CT molecular complexity index is 476. The first-order valence-electron chi connectivity index (χ1n) is 6.50. The second-order valence-corrected chi connectivity index (χ2v) is 5.24. The molecule has 5 heteroatoms. The van der Waals surface area contributed by atoms with Gasteiger partial charge in [0.15, 0.2) is 0 Å². The maximum atomic E-state index is 13.2. The third kappa shape index (κ3) is 3.04. The maximum Gasteiger partial charge on any atom is 0.256 e. The summed E-state index contributed by atoms with van der Waals surface area (Å²) in [6.45, 7) is 1.38. The molecule has 0 radical (unpaired) electrons. The largest absolute Gasteiger partial charge is 0.398 e. The van der Waals surface area contributed by atoms with E-state index >= 15 is 0 Å². The number of nitrogen functional groups attached to an aromatic ring is 1. The van der Waals surface area contributed by atoms with Gasteiger partial charge in [0.1, 0.15) is 5.82 Å². The van der Waals surface area contributed by atoms with Gasteiger partial charge in [-0.2, -0.15) is 0 Å². The molecule has 1 unspecified atom stereocenters. The average Bonchev–Trinajstić information content (AvgIpc) is 2.41. The number of likely N-dealkylation sites (tertiary alicyclic amines) is 1. The number of carbonyl (C=O) groups is 1. The van der Waals surface area contributed by atoms with Crippen LogP contribution in [-0.4, -0.2) is 48.9 Å². The summed E-state index contributed by atoms with van der Waals surface area (Å²) in [5.41, 5.74) is 6.36. The van der Waals surface area contributed by atoms with Crippen LogP contribution in [0.1, 0.15) is 23.2 Å². The Balaban J connectivity index is 2.17. The third-order valence-electron chi connectivity index (χ3n) is 3.66. The Kier molecular flexibility index (Phi) is 4.04. The molecule has 0 bridgehead atoms. The van der Waals surface area contributed by atoms with Gasteiger partial charge in [0.05, 0.1) is 5.56 Å². The van der Waals surface area contributed by atoms with Crippen molar-refractivity contribution in [2.75, 3.05) is 32.9 Å². The van der Waals surface area contributed by atoms with Gasteiger partial charge in [0, 0.05) is 24.8 Å². The van der Waals surface area contributed by atoms with E-state index in [1.165, 1.54) is 18.2 Å². The summed E-state index contributed by atoms with van der Waals surface area (Å²) in [4.78, 5) is 16.3. The molecule has 1 aliphatic heterocycles. The van der Waals surface area contributed by atoms with E-state index in [9.17, 15) is 9.18 Å². The van der Waals surface area contributed by atoms with Gasteiger partial charge in [-0.3, -0.25) is 4.79 Å². The minimum Gasteiger partial charge on any atom is -0.398 e. The van der Waals surface area contributed by atoms with Gasteiger partial charge in [-0.15, -0.1) is 0 Å². The first-order chi connectivity index (χ1) is 8.99. The molecule has 1 heterocycles. The van der Waals surface area contributed by atoms with Crippen molar-refractivity contribution in [3.05, 3.63) is 29.6 Å². The molecule has 0 aromatic heterocycles. The number of hydrogen-bond donors (Lipinski definition) is 1. The van der Waals surface area contributed by atoms with Crippen molar-refractivity contribution in [2.24, 2.45) is 0 Å². The number of hydrogen-bond acceptors (Lipinski definition) is 3. The molecule has 2 N–H and O–H groups in total. The fraction of sp³-hybridized carbons (Fsp3) is 0.500. The Morgan fingerprint density at radius 3 is 2.89 bits per heavy atom. The Morgan fingerprint density at radius 1 is 1.47 bits per heavy atom. The second-order valence-electron chi connectivity index (χ2n) is 5.24. The lowest BCUT2D eigenvalue weighted by molar-refractivity contribution is 0.0635. The van der Waals surface area contributed by atoms with E-state index in [0.29, 0.717) is 24.8 Å². The van der Waals surface area contributed by atoms with E-state index in [2.05, 4.69) is 4.90 Å². The molecular formula is C14H20FN3O. The van der Waals surface area contributed by atoms with Crippen LogP contribution in [0.4, 0.5) is 10.1 Å². The highest BCUT2D eigenvalue weighted by Crippen LogP contribution is 2.20.